The molecule has 0 atom stereocenters. The van der Waals surface area contributed by atoms with Crippen LogP contribution in [0.1, 0.15) is 6.92 Å². The molecule has 1 saturated heterocycles. The maximum Gasteiger partial charge on any atom is 0.289 e. The number of rotatable bonds is 2. The van der Waals surface area contributed by atoms with Gasteiger partial charge in [-0.2, -0.15) is 0 Å². The van der Waals surface area contributed by atoms with Crippen LogP contribution in [0, 0.1) is 0 Å². The van der Waals surface area contributed by atoms with Crippen molar-refractivity contribution in [1.82, 2.24) is 4.90 Å². The minimum atomic E-state index is -0.315. The van der Waals surface area contributed by atoms with E-state index in [0.29, 0.717) is 0 Å². The highest BCUT2D eigenvalue weighted by molar-refractivity contribution is 8.14. The molecule has 4 nitrogen and oxygen atoms in total. The van der Waals surface area contributed by atoms with Gasteiger partial charge in [-0.25, -0.2) is 0 Å². The number of carbonyl (C=O) groups excluding carboxylic acids is 3. The normalized spacial score (nSPS) is 17.7. The first-order valence-corrected chi connectivity index (χ1v) is 4.06. The maximum atomic E-state index is 10.9. The number of hydrogen-bond acceptors (Lipinski definition) is 4. The number of carbonyl (C=O) groups is 3. The number of hydrogen-bond donors (Lipinski definition) is 0. The molecule has 0 aromatic carbocycles. The number of nitrogens with zero attached hydrogens (tertiary/aromatic N) is 1. The second kappa shape index (κ2) is 3.04. The Morgan fingerprint density at radius 3 is 2.64 bits per heavy atom. The van der Waals surface area contributed by atoms with Gasteiger partial charge in [0, 0.05) is 0 Å². The zero-order chi connectivity index (χ0) is 8.43. The summed E-state index contributed by atoms with van der Waals surface area (Å²) in [5.41, 5.74) is 0. The first-order valence-electron chi connectivity index (χ1n) is 3.08. The van der Waals surface area contributed by atoms with E-state index in [1.165, 1.54) is 6.92 Å². The largest absolute Gasteiger partial charge is 0.298 e. The SMILES string of the molecule is CC(=O)CN1C(=O)CSC1=O. The Morgan fingerprint density at radius 2 is 2.27 bits per heavy atom. The van der Waals surface area contributed by atoms with Gasteiger partial charge in [0.1, 0.15) is 5.78 Å². The van der Waals surface area contributed by atoms with E-state index in [4.69, 9.17) is 0 Å². The Kier molecular flexibility index (Phi) is 2.28. The number of amides is 2. The average molecular weight is 173 g/mol. The number of thioether (sulfide) groups is 1. The Morgan fingerprint density at radius 1 is 1.64 bits per heavy atom. The Bertz CT molecular complexity index is 210. The third-order valence-corrected chi connectivity index (χ3v) is 2.08. The third-order valence-electron chi connectivity index (χ3n) is 1.22. The lowest BCUT2D eigenvalue weighted by atomic mass is 10.4. The van der Waals surface area contributed by atoms with Gasteiger partial charge in [-0.15, -0.1) is 0 Å². The van der Waals surface area contributed by atoms with Crippen molar-refractivity contribution < 1.29 is 14.4 Å². The molecule has 1 aliphatic rings. The van der Waals surface area contributed by atoms with Gasteiger partial charge in [-0.1, -0.05) is 11.8 Å². The third kappa shape index (κ3) is 1.80. The Hall–Kier alpha value is -0.840. The summed E-state index contributed by atoms with van der Waals surface area (Å²) in [6, 6.07) is 0. The van der Waals surface area contributed by atoms with Gasteiger partial charge in [0.2, 0.25) is 5.91 Å². The molecule has 11 heavy (non-hydrogen) atoms. The molecule has 1 rings (SSSR count). The van der Waals surface area contributed by atoms with Gasteiger partial charge in [-0.05, 0) is 6.92 Å². The molecule has 0 N–H and O–H groups in total. The second-order valence-corrected chi connectivity index (χ2v) is 3.16. The van der Waals surface area contributed by atoms with E-state index in [2.05, 4.69) is 0 Å². The molecule has 2 amide bonds. The highest BCUT2D eigenvalue weighted by Gasteiger charge is 2.30. The van der Waals surface area contributed by atoms with Crippen molar-refractivity contribution in [3.05, 3.63) is 0 Å². The lowest BCUT2D eigenvalue weighted by Gasteiger charge is -2.08. The monoisotopic (exact) mass is 173 g/mol. The molecule has 0 aliphatic carbocycles. The van der Waals surface area contributed by atoms with Crippen LogP contribution in [0.3, 0.4) is 0 Å². The van der Waals surface area contributed by atoms with E-state index >= 15 is 0 Å². The Labute approximate surface area is 67.9 Å². The molecule has 0 saturated carbocycles. The summed E-state index contributed by atoms with van der Waals surface area (Å²) >= 11 is 0.941. The van der Waals surface area contributed by atoms with E-state index in [1.807, 2.05) is 0 Å². The van der Waals surface area contributed by atoms with E-state index < -0.39 is 0 Å². The molecule has 5 heteroatoms. The van der Waals surface area contributed by atoms with Gasteiger partial charge in [-0.3, -0.25) is 19.3 Å². The van der Waals surface area contributed by atoms with Crippen molar-refractivity contribution >= 4 is 28.7 Å². The van der Waals surface area contributed by atoms with E-state index in [0.717, 1.165) is 16.7 Å². The minimum absolute atomic E-state index is 0.0787. The number of imide groups is 1. The van der Waals surface area contributed by atoms with Crippen LogP contribution in [0.25, 0.3) is 0 Å². The van der Waals surface area contributed by atoms with Crippen molar-refractivity contribution in [3.8, 4) is 0 Å². The van der Waals surface area contributed by atoms with Crippen molar-refractivity contribution in [2.24, 2.45) is 0 Å². The summed E-state index contributed by atoms with van der Waals surface area (Å²) in [5, 5.41) is -0.315. The van der Waals surface area contributed by atoms with Crippen molar-refractivity contribution in [1.29, 1.82) is 0 Å². The molecule has 0 spiro atoms. The summed E-state index contributed by atoms with van der Waals surface area (Å²) in [7, 11) is 0. The summed E-state index contributed by atoms with van der Waals surface area (Å²) in [5.74, 6) is -0.268. The van der Waals surface area contributed by atoms with Crippen LogP contribution in [0.4, 0.5) is 4.79 Å². The number of Topliss-reactive ketones (excluding diaryl/α,β-unsaturated/α-hetero) is 1. The van der Waals surface area contributed by atoms with Crippen LogP contribution in [-0.4, -0.2) is 34.1 Å². The van der Waals surface area contributed by atoms with Crippen LogP contribution >= 0.6 is 11.8 Å². The standard InChI is InChI=1S/C6H7NO3S/c1-4(8)2-7-5(9)3-11-6(7)10/h2-3H2,1H3. The fourth-order valence-electron chi connectivity index (χ4n) is 0.757. The summed E-state index contributed by atoms with van der Waals surface area (Å²) < 4.78 is 0. The molecule has 0 unspecified atom stereocenters. The van der Waals surface area contributed by atoms with Crippen molar-refractivity contribution in [2.45, 2.75) is 6.92 Å². The van der Waals surface area contributed by atoms with E-state index in [9.17, 15) is 14.4 Å². The minimum Gasteiger partial charge on any atom is -0.298 e. The van der Waals surface area contributed by atoms with Crippen LogP contribution in [0.2, 0.25) is 0 Å². The predicted octanol–water partition coefficient (Wildman–Crippen LogP) is 0.271. The molecule has 0 aromatic heterocycles. The summed E-state index contributed by atoms with van der Waals surface area (Å²) in [6.07, 6.45) is 0. The fourth-order valence-corrected chi connectivity index (χ4v) is 1.48. The van der Waals surface area contributed by atoms with Crippen molar-refractivity contribution in [2.75, 3.05) is 12.3 Å². The summed E-state index contributed by atoms with van der Waals surface area (Å²) in [4.78, 5) is 33.2. The molecule has 1 fully saturated rings. The lowest BCUT2D eigenvalue weighted by Crippen LogP contribution is -2.32. The molecular weight excluding hydrogens is 166 g/mol. The first kappa shape index (κ1) is 8.26. The van der Waals surface area contributed by atoms with Crippen LogP contribution in [0.5, 0.6) is 0 Å². The van der Waals surface area contributed by atoms with Crippen LogP contribution in [-0.2, 0) is 9.59 Å². The highest BCUT2D eigenvalue weighted by Crippen LogP contribution is 2.17. The van der Waals surface area contributed by atoms with Gasteiger partial charge in [0.15, 0.2) is 0 Å². The first-order chi connectivity index (χ1) is 5.11. The smallest absolute Gasteiger partial charge is 0.289 e. The zero-order valence-corrected chi connectivity index (χ0v) is 6.81. The lowest BCUT2D eigenvalue weighted by molar-refractivity contribution is -0.128. The fraction of sp³-hybridized carbons (Fsp3) is 0.500. The quantitative estimate of drug-likeness (QED) is 0.601. The van der Waals surface area contributed by atoms with Gasteiger partial charge >= 0.3 is 0 Å². The average Bonchev–Trinajstić information content (AvgIpc) is 2.18. The molecule has 1 aliphatic heterocycles. The molecule has 0 bridgehead atoms. The Balaban J connectivity index is 2.62. The van der Waals surface area contributed by atoms with Gasteiger partial charge < -0.3 is 0 Å². The molecule has 1 heterocycles. The second-order valence-electron chi connectivity index (χ2n) is 2.24. The van der Waals surface area contributed by atoms with Crippen molar-refractivity contribution in [3.63, 3.8) is 0 Å². The van der Waals surface area contributed by atoms with E-state index in [-0.39, 0.29) is 29.2 Å². The van der Waals surface area contributed by atoms with Gasteiger partial charge in [0.25, 0.3) is 5.24 Å². The zero-order valence-electron chi connectivity index (χ0n) is 5.99. The molecule has 0 aromatic rings. The van der Waals surface area contributed by atoms with Crippen LogP contribution in [0.15, 0.2) is 0 Å². The molecule has 60 valence electrons. The highest BCUT2D eigenvalue weighted by atomic mass is 32.2. The predicted molar refractivity (Wildman–Crippen MR) is 40.2 cm³/mol. The topological polar surface area (TPSA) is 54.5 Å². The molecule has 0 radical (unpaired) electrons. The van der Waals surface area contributed by atoms with Crippen LogP contribution < -0.4 is 0 Å². The maximum absolute atomic E-state index is 10.9. The number of ketones is 1. The van der Waals surface area contributed by atoms with Gasteiger partial charge in [0.05, 0.1) is 12.3 Å². The van der Waals surface area contributed by atoms with E-state index in [1.54, 1.807) is 0 Å². The summed E-state index contributed by atoms with van der Waals surface area (Å²) in [6.45, 7) is 1.27. The molecular formula is C6H7NO3S.